The Kier molecular flexibility index (Phi) is 6.88. The van der Waals surface area contributed by atoms with E-state index in [0.29, 0.717) is 18.5 Å². The van der Waals surface area contributed by atoms with Crippen LogP contribution in [-0.2, 0) is 16.6 Å². The standard InChI is InChI=1S/C33H35N5O2/c1-32(20-23-21-36-27-12-4-3-10-24(23)27,38-30(39)26-11-9-13-28-25(26)15-19-34-28)31(40)37-22-33(16-6-2-7-17-33)29-14-5-8-18-35-29/h3-5,8-15,18-19,21,34,36H,2,6-7,16-17,20,22H2,1H3,(H,37,40)(H,38,39)/t32-/m0/s1. The highest BCUT2D eigenvalue weighted by molar-refractivity contribution is 6.08. The van der Waals surface area contributed by atoms with Crippen molar-refractivity contribution in [3.63, 3.8) is 0 Å². The molecule has 7 heteroatoms. The molecule has 204 valence electrons. The lowest BCUT2D eigenvalue weighted by Gasteiger charge is -2.38. The van der Waals surface area contributed by atoms with Crippen LogP contribution in [0.25, 0.3) is 21.8 Å². The van der Waals surface area contributed by atoms with Gasteiger partial charge in [-0.25, -0.2) is 0 Å². The topological polar surface area (TPSA) is 103 Å². The smallest absolute Gasteiger partial charge is 0.252 e. The summed E-state index contributed by atoms with van der Waals surface area (Å²) in [7, 11) is 0. The van der Waals surface area contributed by atoms with E-state index in [2.05, 4.69) is 26.7 Å². The van der Waals surface area contributed by atoms with Gasteiger partial charge in [0.05, 0.1) is 0 Å². The molecule has 6 rings (SSSR count). The molecule has 0 unspecified atom stereocenters. The maximum atomic E-state index is 14.2. The number of H-pyrrole nitrogens is 2. The molecule has 7 nitrogen and oxygen atoms in total. The highest BCUT2D eigenvalue weighted by atomic mass is 16.2. The second-order valence-electron chi connectivity index (χ2n) is 11.3. The Morgan fingerprint density at radius 3 is 2.50 bits per heavy atom. The van der Waals surface area contributed by atoms with Crippen molar-refractivity contribution in [3.05, 3.63) is 102 Å². The molecule has 2 amide bonds. The first-order valence-electron chi connectivity index (χ1n) is 14.1. The zero-order chi connectivity index (χ0) is 27.6. The molecule has 4 N–H and O–H groups in total. The van der Waals surface area contributed by atoms with Crippen molar-refractivity contribution >= 4 is 33.6 Å². The van der Waals surface area contributed by atoms with Crippen LogP contribution in [0.5, 0.6) is 0 Å². The first kappa shape index (κ1) is 25.9. The van der Waals surface area contributed by atoms with Gasteiger partial charge in [0, 0.05) is 70.0 Å². The van der Waals surface area contributed by atoms with Gasteiger partial charge in [0.1, 0.15) is 5.54 Å². The number of hydrogen-bond donors (Lipinski definition) is 4. The predicted molar refractivity (Wildman–Crippen MR) is 158 cm³/mol. The lowest BCUT2D eigenvalue weighted by atomic mass is 9.71. The summed E-state index contributed by atoms with van der Waals surface area (Å²) in [6.45, 7) is 2.31. The van der Waals surface area contributed by atoms with Gasteiger partial charge in [-0.3, -0.25) is 14.6 Å². The Morgan fingerprint density at radius 2 is 1.68 bits per heavy atom. The van der Waals surface area contributed by atoms with Gasteiger partial charge in [-0.1, -0.05) is 49.6 Å². The third-order valence-electron chi connectivity index (χ3n) is 8.56. The molecular formula is C33H35N5O2. The number of pyridine rings is 1. The van der Waals surface area contributed by atoms with E-state index in [0.717, 1.165) is 58.7 Å². The van der Waals surface area contributed by atoms with E-state index in [-0.39, 0.29) is 17.2 Å². The van der Waals surface area contributed by atoms with Gasteiger partial charge in [-0.15, -0.1) is 0 Å². The summed E-state index contributed by atoms with van der Waals surface area (Å²) < 4.78 is 0. The number of carbonyl (C=O) groups excluding carboxylic acids is 2. The molecule has 3 heterocycles. The first-order valence-corrected chi connectivity index (χ1v) is 14.1. The van der Waals surface area contributed by atoms with E-state index < -0.39 is 5.54 Å². The van der Waals surface area contributed by atoms with Gasteiger partial charge < -0.3 is 20.6 Å². The molecule has 2 aromatic carbocycles. The molecule has 0 bridgehead atoms. The lowest BCUT2D eigenvalue weighted by molar-refractivity contribution is -0.127. The number of fused-ring (bicyclic) bond motifs is 2. The fourth-order valence-electron chi connectivity index (χ4n) is 6.31. The Labute approximate surface area is 233 Å². The van der Waals surface area contributed by atoms with Gasteiger partial charge >= 0.3 is 0 Å². The Balaban J connectivity index is 1.31. The van der Waals surface area contributed by atoms with Crippen molar-refractivity contribution in [1.29, 1.82) is 0 Å². The number of carbonyl (C=O) groups is 2. The average molecular weight is 534 g/mol. The van der Waals surface area contributed by atoms with Gasteiger partial charge in [0.25, 0.3) is 5.91 Å². The zero-order valence-corrected chi connectivity index (χ0v) is 22.8. The van der Waals surface area contributed by atoms with E-state index in [1.165, 1.54) is 6.42 Å². The van der Waals surface area contributed by atoms with Crippen LogP contribution in [0, 0.1) is 0 Å². The van der Waals surface area contributed by atoms with Crippen molar-refractivity contribution in [2.45, 2.75) is 56.4 Å². The molecule has 0 saturated heterocycles. The van der Waals surface area contributed by atoms with Crippen LogP contribution in [0.4, 0.5) is 0 Å². The van der Waals surface area contributed by atoms with Crippen LogP contribution >= 0.6 is 0 Å². The molecule has 3 aromatic heterocycles. The molecule has 1 aliphatic carbocycles. The Hall–Kier alpha value is -4.39. The molecule has 0 aliphatic heterocycles. The quantitative estimate of drug-likeness (QED) is 0.203. The van der Waals surface area contributed by atoms with E-state index in [1.54, 1.807) is 6.07 Å². The zero-order valence-electron chi connectivity index (χ0n) is 22.8. The van der Waals surface area contributed by atoms with E-state index in [4.69, 9.17) is 4.98 Å². The van der Waals surface area contributed by atoms with Crippen LogP contribution < -0.4 is 10.6 Å². The number of para-hydroxylation sites is 1. The van der Waals surface area contributed by atoms with E-state index in [1.807, 2.05) is 80.1 Å². The van der Waals surface area contributed by atoms with Crippen LogP contribution in [0.1, 0.15) is 60.6 Å². The first-order chi connectivity index (χ1) is 19.5. The minimum absolute atomic E-state index is 0.201. The largest absolute Gasteiger partial charge is 0.361 e. The molecule has 5 aromatic rings. The number of nitrogens with one attached hydrogen (secondary N) is 4. The number of benzene rings is 2. The second kappa shape index (κ2) is 10.6. The van der Waals surface area contributed by atoms with Crippen molar-refractivity contribution in [1.82, 2.24) is 25.6 Å². The van der Waals surface area contributed by atoms with Crippen LogP contribution in [0.15, 0.2) is 85.3 Å². The summed E-state index contributed by atoms with van der Waals surface area (Å²) in [6, 6.07) is 21.5. The molecule has 1 aliphatic rings. The normalized spacial score (nSPS) is 16.4. The molecule has 40 heavy (non-hydrogen) atoms. The Morgan fingerprint density at radius 1 is 0.900 bits per heavy atom. The maximum absolute atomic E-state index is 14.2. The van der Waals surface area contributed by atoms with Gasteiger partial charge in [0.2, 0.25) is 5.91 Å². The number of aromatic nitrogens is 3. The maximum Gasteiger partial charge on any atom is 0.252 e. The van der Waals surface area contributed by atoms with E-state index in [9.17, 15) is 9.59 Å². The summed E-state index contributed by atoms with van der Waals surface area (Å²) in [6.07, 6.45) is 11.3. The average Bonchev–Trinajstić information content (AvgIpc) is 3.64. The molecule has 1 fully saturated rings. The lowest BCUT2D eigenvalue weighted by Crippen LogP contribution is -2.59. The number of nitrogens with zero attached hydrogens (tertiary/aromatic N) is 1. The van der Waals surface area contributed by atoms with Crippen molar-refractivity contribution in [2.24, 2.45) is 0 Å². The van der Waals surface area contributed by atoms with Gasteiger partial charge in [0.15, 0.2) is 0 Å². The van der Waals surface area contributed by atoms with E-state index >= 15 is 0 Å². The number of aromatic amines is 2. The predicted octanol–water partition coefficient (Wildman–Crippen LogP) is 5.79. The fraction of sp³-hybridized carbons (Fsp3) is 0.303. The van der Waals surface area contributed by atoms with Gasteiger partial charge in [-0.05, 0) is 61.7 Å². The highest BCUT2D eigenvalue weighted by Gasteiger charge is 2.40. The Bertz CT molecular complexity index is 1650. The number of amides is 2. The third kappa shape index (κ3) is 4.88. The summed E-state index contributed by atoms with van der Waals surface area (Å²) in [5.74, 6) is -0.479. The van der Waals surface area contributed by atoms with Crippen LogP contribution in [0.2, 0.25) is 0 Å². The second-order valence-corrected chi connectivity index (χ2v) is 11.3. The summed E-state index contributed by atoms with van der Waals surface area (Å²) in [5.41, 5.74) is 3.01. The molecule has 1 atom stereocenters. The monoisotopic (exact) mass is 533 g/mol. The minimum atomic E-state index is -1.19. The molecule has 0 spiro atoms. The third-order valence-corrected chi connectivity index (χ3v) is 8.56. The number of hydrogen-bond acceptors (Lipinski definition) is 3. The summed E-state index contributed by atoms with van der Waals surface area (Å²) in [4.78, 5) is 39.1. The minimum Gasteiger partial charge on any atom is -0.361 e. The number of rotatable bonds is 8. The SMILES string of the molecule is C[C@@](Cc1c[nH]c2ccccc12)(NC(=O)c1cccc2[nH]ccc12)C(=O)NCC1(c2ccccn2)CCCCC1. The van der Waals surface area contributed by atoms with Crippen molar-refractivity contribution in [2.75, 3.05) is 6.54 Å². The highest BCUT2D eigenvalue weighted by Crippen LogP contribution is 2.38. The van der Waals surface area contributed by atoms with Crippen molar-refractivity contribution in [3.8, 4) is 0 Å². The fourth-order valence-corrected chi connectivity index (χ4v) is 6.31. The summed E-state index contributed by atoms with van der Waals surface area (Å²) >= 11 is 0. The van der Waals surface area contributed by atoms with Crippen molar-refractivity contribution < 1.29 is 9.59 Å². The summed E-state index contributed by atoms with van der Waals surface area (Å²) in [5, 5.41) is 8.28. The molecule has 1 saturated carbocycles. The van der Waals surface area contributed by atoms with Gasteiger partial charge in [-0.2, -0.15) is 0 Å². The molecule has 0 radical (unpaired) electrons. The van der Waals surface area contributed by atoms with Crippen LogP contribution in [-0.4, -0.2) is 38.8 Å². The molecular weight excluding hydrogens is 498 g/mol. The van der Waals surface area contributed by atoms with Crippen LogP contribution in [0.3, 0.4) is 0 Å².